The predicted octanol–water partition coefficient (Wildman–Crippen LogP) is 1.51. The Hall–Kier alpha value is -0.880. The van der Waals surface area contributed by atoms with Crippen molar-refractivity contribution >= 4 is 0 Å². The molecule has 0 aromatic carbocycles. The zero-order valence-corrected chi connectivity index (χ0v) is 12.0. The van der Waals surface area contributed by atoms with Crippen molar-refractivity contribution in [3.63, 3.8) is 0 Å². The SMILES string of the molecule is COCCN(Cc1ccco1)C[C@H](O)COC(C)C. The molecule has 0 aliphatic heterocycles. The Kier molecular flexibility index (Phi) is 7.74. The molecule has 19 heavy (non-hydrogen) atoms. The molecule has 5 heteroatoms. The van der Waals surface area contributed by atoms with Crippen LogP contribution in [0.2, 0.25) is 0 Å². The van der Waals surface area contributed by atoms with Gasteiger partial charge < -0.3 is 19.0 Å². The molecule has 0 aliphatic carbocycles. The van der Waals surface area contributed by atoms with Gasteiger partial charge in [-0.2, -0.15) is 0 Å². The van der Waals surface area contributed by atoms with Crippen LogP contribution in [-0.4, -0.2) is 55.6 Å². The van der Waals surface area contributed by atoms with Crippen LogP contribution < -0.4 is 0 Å². The molecule has 1 aromatic heterocycles. The Morgan fingerprint density at radius 2 is 2.21 bits per heavy atom. The third-order valence-corrected chi connectivity index (χ3v) is 2.66. The van der Waals surface area contributed by atoms with Crippen LogP contribution in [-0.2, 0) is 16.0 Å². The maximum absolute atomic E-state index is 9.96. The van der Waals surface area contributed by atoms with Gasteiger partial charge in [0, 0.05) is 20.2 Å². The van der Waals surface area contributed by atoms with Crippen molar-refractivity contribution in [1.82, 2.24) is 4.90 Å². The van der Waals surface area contributed by atoms with E-state index in [9.17, 15) is 5.11 Å². The predicted molar refractivity (Wildman–Crippen MR) is 73.0 cm³/mol. The molecule has 0 amide bonds. The van der Waals surface area contributed by atoms with Crippen molar-refractivity contribution in [2.75, 3.05) is 33.4 Å². The Bertz CT molecular complexity index is 313. The average molecular weight is 271 g/mol. The average Bonchev–Trinajstić information content (AvgIpc) is 2.86. The summed E-state index contributed by atoms with van der Waals surface area (Å²) in [6.45, 7) is 6.83. The number of rotatable bonds is 10. The van der Waals surface area contributed by atoms with E-state index in [4.69, 9.17) is 13.9 Å². The van der Waals surface area contributed by atoms with Gasteiger partial charge in [-0.05, 0) is 26.0 Å². The summed E-state index contributed by atoms with van der Waals surface area (Å²) in [6, 6.07) is 3.79. The highest BCUT2D eigenvalue weighted by Gasteiger charge is 2.14. The van der Waals surface area contributed by atoms with Crippen LogP contribution in [0.4, 0.5) is 0 Å². The molecule has 0 aliphatic rings. The van der Waals surface area contributed by atoms with Crippen molar-refractivity contribution in [2.24, 2.45) is 0 Å². The topological polar surface area (TPSA) is 55.1 Å². The first-order chi connectivity index (χ1) is 9.11. The number of furan rings is 1. The summed E-state index contributed by atoms with van der Waals surface area (Å²) >= 11 is 0. The van der Waals surface area contributed by atoms with Gasteiger partial charge in [0.15, 0.2) is 0 Å². The van der Waals surface area contributed by atoms with Gasteiger partial charge in [0.05, 0.1) is 38.2 Å². The van der Waals surface area contributed by atoms with Crippen LogP contribution >= 0.6 is 0 Å². The lowest BCUT2D eigenvalue weighted by Crippen LogP contribution is -2.37. The summed E-state index contributed by atoms with van der Waals surface area (Å²) in [5.74, 6) is 0.882. The quantitative estimate of drug-likeness (QED) is 0.699. The Labute approximate surface area is 115 Å². The lowest BCUT2D eigenvalue weighted by molar-refractivity contribution is -0.0129. The summed E-state index contributed by atoms with van der Waals surface area (Å²) in [6.07, 6.45) is 1.28. The summed E-state index contributed by atoms with van der Waals surface area (Å²) in [7, 11) is 1.67. The highest BCUT2D eigenvalue weighted by Crippen LogP contribution is 2.06. The summed E-state index contributed by atoms with van der Waals surface area (Å²) < 4.78 is 15.8. The largest absolute Gasteiger partial charge is 0.468 e. The molecular formula is C14H25NO4. The van der Waals surface area contributed by atoms with Crippen LogP contribution in [0.1, 0.15) is 19.6 Å². The minimum absolute atomic E-state index is 0.132. The maximum Gasteiger partial charge on any atom is 0.117 e. The maximum atomic E-state index is 9.96. The van der Waals surface area contributed by atoms with Crippen LogP contribution in [0.25, 0.3) is 0 Å². The van der Waals surface area contributed by atoms with Gasteiger partial charge in [-0.15, -0.1) is 0 Å². The fourth-order valence-electron chi connectivity index (χ4n) is 1.73. The minimum atomic E-state index is -0.505. The lowest BCUT2D eigenvalue weighted by atomic mass is 10.3. The van der Waals surface area contributed by atoms with Crippen LogP contribution in [0.5, 0.6) is 0 Å². The number of aliphatic hydroxyl groups excluding tert-OH is 1. The van der Waals surface area contributed by atoms with Crippen molar-refractivity contribution in [1.29, 1.82) is 0 Å². The molecule has 1 aromatic rings. The van der Waals surface area contributed by atoms with Crippen LogP contribution in [0.3, 0.4) is 0 Å². The van der Waals surface area contributed by atoms with E-state index in [0.717, 1.165) is 12.3 Å². The van der Waals surface area contributed by atoms with E-state index < -0.39 is 6.10 Å². The smallest absolute Gasteiger partial charge is 0.117 e. The number of nitrogens with zero attached hydrogens (tertiary/aromatic N) is 1. The van der Waals surface area contributed by atoms with E-state index >= 15 is 0 Å². The van der Waals surface area contributed by atoms with Crippen molar-refractivity contribution < 1.29 is 19.0 Å². The first-order valence-corrected chi connectivity index (χ1v) is 6.65. The van der Waals surface area contributed by atoms with E-state index in [-0.39, 0.29) is 6.10 Å². The number of hydrogen-bond acceptors (Lipinski definition) is 5. The van der Waals surface area contributed by atoms with E-state index in [1.807, 2.05) is 26.0 Å². The summed E-state index contributed by atoms with van der Waals surface area (Å²) in [5, 5.41) is 9.96. The van der Waals surface area contributed by atoms with Gasteiger partial charge in [0.25, 0.3) is 0 Å². The van der Waals surface area contributed by atoms with Gasteiger partial charge >= 0.3 is 0 Å². The molecule has 5 nitrogen and oxygen atoms in total. The van der Waals surface area contributed by atoms with Crippen molar-refractivity contribution in [2.45, 2.75) is 32.6 Å². The molecule has 1 heterocycles. The second-order valence-electron chi connectivity index (χ2n) is 4.84. The summed E-state index contributed by atoms with van der Waals surface area (Å²) in [5.41, 5.74) is 0. The van der Waals surface area contributed by atoms with E-state index in [1.54, 1.807) is 13.4 Å². The van der Waals surface area contributed by atoms with E-state index in [0.29, 0.717) is 26.3 Å². The standard InChI is InChI=1S/C14H25NO4/c1-12(2)19-11-13(16)9-15(6-8-17-3)10-14-5-4-7-18-14/h4-5,7,12-13,16H,6,8-11H2,1-3H3/t13-/m0/s1. The monoisotopic (exact) mass is 271 g/mol. The van der Waals surface area contributed by atoms with Crippen molar-refractivity contribution in [3.05, 3.63) is 24.2 Å². The fraction of sp³-hybridized carbons (Fsp3) is 0.714. The molecule has 0 spiro atoms. The molecule has 0 unspecified atom stereocenters. The summed E-state index contributed by atoms with van der Waals surface area (Å²) in [4.78, 5) is 2.09. The molecular weight excluding hydrogens is 246 g/mol. The molecule has 1 atom stereocenters. The third kappa shape index (κ3) is 7.32. The Morgan fingerprint density at radius 3 is 2.79 bits per heavy atom. The first-order valence-electron chi connectivity index (χ1n) is 6.65. The molecule has 0 saturated carbocycles. The van der Waals surface area contributed by atoms with Gasteiger partial charge in [0.1, 0.15) is 5.76 Å². The molecule has 0 bridgehead atoms. The number of hydrogen-bond donors (Lipinski definition) is 1. The molecule has 1 N–H and O–H groups in total. The second kappa shape index (κ2) is 9.09. The Balaban J connectivity index is 2.39. The number of ether oxygens (including phenoxy) is 2. The lowest BCUT2D eigenvalue weighted by Gasteiger charge is -2.24. The van der Waals surface area contributed by atoms with Gasteiger partial charge in [-0.1, -0.05) is 0 Å². The molecule has 1 rings (SSSR count). The minimum Gasteiger partial charge on any atom is -0.468 e. The Morgan fingerprint density at radius 1 is 1.42 bits per heavy atom. The normalized spacial score (nSPS) is 13.4. The second-order valence-corrected chi connectivity index (χ2v) is 4.84. The van der Waals surface area contributed by atoms with Crippen LogP contribution in [0.15, 0.2) is 22.8 Å². The van der Waals surface area contributed by atoms with E-state index in [2.05, 4.69) is 4.90 Å². The van der Waals surface area contributed by atoms with E-state index in [1.165, 1.54) is 0 Å². The third-order valence-electron chi connectivity index (χ3n) is 2.66. The first kappa shape index (κ1) is 16.2. The van der Waals surface area contributed by atoms with Gasteiger partial charge in [-0.3, -0.25) is 4.90 Å². The zero-order valence-electron chi connectivity index (χ0n) is 12.0. The van der Waals surface area contributed by atoms with Crippen LogP contribution in [0, 0.1) is 0 Å². The number of methoxy groups -OCH3 is 1. The van der Waals surface area contributed by atoms with Crippen molar-refractivity contribution in [3.8, 4) is 0 Å². The van der Waals surface area contributed by atoms with Gasteiger partial charge in [-0.25, -0.2) is 0 Å². The highest BCUT2D eigenvalue weighted by atomic mass is 16.5. The molecule has 110 valence electrons. The van der Waals surface area contributed by atoms with Gasteiger partial charge in [0.2, 0.25) is 0 Å². The molecule has 0 radical (unpaired) electrons. The zero-order chi connectivity index (χ0) is 14.1. The molecule has 0 fully saturated rings. The number of aliphatic hydroxyl groups is 1. The fourth-order valence-corrected chi connectivity index (χ4v) is 1.73. The molecule has 0 saturated heterocycles. The highest BCUT2D eigenvalue weighted by molar-refractivity contribution is 4.97.